The summed E-state index contributed by atoms with van der Waals surface area (Å²) in [6, 6.07) is 11.8. The lowest BCUT2D eigenvalue weighted by molar-refractivity contribution is -0.123. The molecule has 1 amide bonds. The molecule has 0 fully saturated rings. The lowest BCUT2D eigenvalue weighted by atomic mass is 10.2. The van der Waals surface area contributed by atoms with E-state index in [9.17, 15) is 18.0 Å². The number of nitrogens with two attached hydrogens (primary N) is 1. The molecule has 25 heavy (non-hydrogen) atoms. The lowest BCUT2D eigenvalue weighted by Crippen LogP contribution is -2.30. The Balaban J connectivity index is 1.98. The maximum atomic E-state index is 12.1. The van der Waals surface area contributed by atoms with E-state index in [4.69, 9.17) is 9.88 Å². The third-order valence-electron chi connectivity index (χ3n) is 3.18. The summed E-state index contributed by atoms with van der Waals surface area (Å²) in [6.45, 7) is 1.44. The smallest absolute Gasteiger partial charge is 0.338 e. The second kappa shape index (κ2) is 7.77. The van der Waals surface area contributed by atoms with Crippen LogP contribution in [0.3, 0.4) is 0 Å². The Morgan fingerprint density at radius 2 is 1.64 bits per heavy atom. The number of primary sulfonamides is 1. The van der Waals surface area contributed by atoms with Crippen LogP contribution in [0.2, 0.25) is 0 Å². The first-order valence-corrected chi connectivity index (χ1v) is 9.41. The summed E-state index contributed by atoms with van der Waals surface area (Å²) < 4.78 is 28.3. The van der Waals surface area contributed by atoms with E-state index in [1.807, 2.05) is 0 Å². The largest absolute Gasteiger partial charge is 0.449 e. The van der Waals surface area contributed by atoms with Crippen molar-refractivity contribution in [1.82, 2.24) is 0 Å². The van der Waals surface area contributed by atoms with Gasteiger partial charge in [0.1, 0.15) is 0 Å². The van der Waals surface area contributed by atoms with Crippen LogP contribution in [0.4, 0.5) is 5.69 Å². The number of carbonyl (C=O) groups is 2. The van der Waals surface area contributed by atoms with Crippen LogP contribution in [0.1, 0.15) is 17.3 Å². The van der Waals surface area contributed by atoms with E-state index < -0.39 is 28.0 Å². The molecule has 2 aromatic carbocycles. The monoisotopic (exact) mass is 426 g/mol. The normalized spacial score (nSPS) is 12.3. The first kappa shape index (κ1) is 19.1. The summed E-state index contributed by atoms with van der Waals surface area (Å²) in [5.74, 6) is -1.17. The quantitative estimate of drug-likeness (QED) is 0.711. The number of ether oxygens (including phenoxy) is 1. The maximum absolute atomic E-state index is 12.1. The lowest BCUT2D eigenvalue weighted by Gasteiger charge is -2.13. The zero-order valence-electron chi connectivity index (χ0n) is 13.1. The van der Waals surface area contributed by atoms with E-state index in [1.165, 1.54) is 31.2 Å². The summed E-state index contributed by atoms with van der Waals surface area (Å²) in [6.07, 6.45) is -1.03. The highest BCUT2D eigenvalue weighted by Crippen LogP contribution is 2.15. The molecule has 9 heteroatoms. The van der Waals surface area contributed by atoms with Gasteiger partial charge in [0.15, 0.2) is 6.10 Å². The van der Waals surface area contributed by atoms with Gasteiger partial charge in [-0.3, -0.25) is 4.79 Å². The van der Waals surface area contributed by atoms with Gasteiger partial charge in [-0.2, -0.15) is 0 Å². The molecule has 0 saturated heterocycles. The van der Waals surface area contributed by atoms with Crippen LogP contribution in [-0.4, -0.2) is 26.4 Å². The van der Waals surface area contributed by atoms with Gasteiger partial charge < -0.3 is 10.1 Å². The van der Waals surface area contributed by atoms with Crippen molar-refractivity contribution in [3.63, 3.8) is 0 Å². The SMILES string of the molecule is C[C@H](OC(=O)c1ccc(Br)cc1)C(=O)Nc1ccc(S(N)(=O)=O)cc1. The molecular weight excluding hydrogens is 412 g/mol. The first-order valence-electron chi connectivity index (χ1n) is 7.07. The fourth-order valence-corrected chi connectivity index (χ4v) is 2.62. The van der Waals surface area contributed by atoms with Crippen LogP contribution in [0.25, 0.3) is 0 Å². The average Bonchev–Trinajstić information content (AvgIpc) is 2.55. The molecule has 0 aromatic heterocycles. The van der Waals surface area contributed by atoms with Crippen LogP contribution in [-0.2, 0) is 19.6 Å². The predicted molar refractivity (Wildman–Crippen MR) is 95.5 cm³/mol. The number of rotatable bonds is 5. The molecule has 1 atom stereocenters. The van der Waals surface area contributed by atoms with Crippen molar-refractivity contribution in [1.29, 1.82) is 0 Å². The van der Waals surface area contributed by atoms with Gasteiger partial charge in [-0.05, 0) is 55.5 Å². The van der Waals surface area contributed by atoms with Gasteiger partial charge in [0, 0.05) is 10.2 Å². The second-order valence-corrected chi connectivity index (χ2v) is 7.59. The van der Waals surface area contributed by atoms with Crippen molar-refractivity contribution in [2.45, 2.75) is 17.9 Å². The number of hydrogen-bond acceptors (Lipinski definition) is 5. The van der Waals surface area contributed by atoms with Crippen LogP contribution in [0.15, 0.2) is 57.9 Å². The van der Waals surface area contributed by atoms with Gasteiger partial charge in [-0.1, -0.05) is 15.9 Å². The Kier molecular flexibility index (Phi) is 5.93. The number of sulfonamides is 1. The summed E-state index contributed by atoms with van der Waals surface area (Å²) in [7, 11) is -3.80. The fourth-order valence-electron chi connectivity index (χ4n) is 1.84. The molecule has 0 aliphatic heterocycles. The molecule has 0 spiro atoms. The van der Waals surface area contributed by atoms with Crippen LogP contribution >= 0.6 is 15.9 Å². The molecule has 0 aliphatic carbocycles. The van der Waals surface area contributed by atoms with Crippen molar-refractivity contribution < 1.29 is 22.7 Å². The zero-order valence-corrected chi connectivity index (χ0v) is 15.5. The molecule has 0 saturated carbocycles. The summed E-state index contributed by atoms with van der Waals surface area (Å²) in [5.41, 5.74) is 0.671. The van der Waals surface area contributed by atoms with E-state index in [1.54, 1.807) is 24.3 Å². The van der Waals surface area contributed by atoms with Gasteiger partial charge in [-0.15, -0.1) is 0 Å². The Morgan fingerprint density at radius 1 is 1.08 bits per heavy atom. The van der Waals surface area contributed by atoms with Gasteiger partial charge >= 0.3 is 5.97 Å². The van der Waals surface area contributed by atoms with E-state index in [0.717, 1.165) is 4.47 Å². The highest BCUT2D eigenvalue weighted by Gasteiger charge is 2.19. The average molecular weight is 427 g/mol. The Hall–Kier alpha value is -2.23. The molecule has 0 radical (unpaired) electrons. The van der Waals surface area contributed by atoms with E-state index in [0.29, 0.717) is 11.3 Å². The Bertz CT molecular complexity index is 880. The van der Waals surface area contributed by atoms with Crippen LogP contribution in [0, 0.1) is 0 Å². The molecule has 3 N–H and O–H groups in total. The minimum Gasteiger partial charge on any atom is -0.449 e. The van der Waals surface area contributed by atoms with Crippen molar-refractivity contribution in [3.05, 3.63) is 58.6 Å². The van der Waals surface area contributed by atoms with Crippen LogP contribution < -0.4 is 10.5 Å². The number of carbonyl (C=O) groups excluding carboxylic acids is 2. The highest BCUT2D eigenvalue weighted by atomic mass is 79.9. The van der Waals surface area contributed by atoms with Crippen molar-refractivity contribution in [2.75, 3.05) is 5.32 Å². The zero-order chi connectivity index (χ0) is 18.6. The maximum Gasteiger partial charge on any atom is 0.338 e. The number of halogens is 1. The van der Waals surface area contributed by atoms with E-state index in [2.05, 4.69) is 21.2 Å². The highest BCUT2D eigenvalue weighted by molar-refractivity contribution is 9.10. The summed E-state index contributed by atoms with van der Waals surface area (Å²) >= 11 is 3.26. The summed E-state index contributed by atoms with van der Waals surface area (Å²) in [4.78, 5) is 24.0. The Morgan fingerprint density at radius 3 is 2.16 bits per heavy atom. The molecule has 2 rings (SSSR count). The van der Waals surface area contributed by atoms with Crippen LogP contribution in [0.5, 0.6) is 0 Å². The van der Waals surface area contributed by atoms with Crippen molar-refractivity contribution in [3.8, 4) is 0 Å². The molecule has 132 valence electrons. The minimum atomic E-state index is -3.80. The topological polar surface area (TPSA) is 116 Å². The van der Waals surface area contributed by atoms with E-state index in [-0.39, 0.29) is 4.90 Å². The molecular formula is C16H15BrN2O5S. The molecule has 0 bridgehead atoms. The fraction of sp³-hybridized carbons (Fsp3) is 0.125. The number of amides is 1. The summed E-state index contributed by atoms with van der Waals surface area (Å²) in [5, 5.41) is 7.53. The van der Waals surface area contributed by atoms with Gasteiger partial charge in [-0.25, -0.2) is 18.4 Å². The molecule has 2 aromatic rings. The third kappa shape index (κ3) is 5.38. The molecule has 0 aliphatic rings. The number of benzene rings is 2. The third-order valence-corrected chi connectivity index (χ3v) is 4.64. The predicted octanol–water partition coefficient (Wildman–Crippen LogP) is 2.28. The molecule has 7 nitrogen and oxygen atoms in total. The van der Waals surface area contributed by atoms with Gasteiger partial charge in [0.25, 0.3) is 5.91 Å². The first-order chi connectivity index (χ1) is 11.7. The number of esters is 1. The minimum absolute atomic E-state index is 0.0692. The van der Waals surface area contributed by atoms with Crippen molar-refractivity contribution in [2.24, 2.45) is 5.14 Å². The standard InChI is InChI=1S/C16H15BrN2O5S/c1-10(24-16(21)11-2-4-12(17)5-3-11)15(20)19-13-6-8-14(9-7-13)25(18,22)23/h2-10H,1H3,(H,19,20)(H2,18,22,23)/t10-/m0/s1. The van der Waals surface area contributed by atoms with E-state index >= 15 is 0 Å². The number of hydrogen-bond donors (Lipinski definition) is 2. The molecule has 0 unspecified atom stereocenters. The molecule has 0 heterocycles. The number of nitrogens with one attached hydrogen (secondary N) is 1. The Labute approximate surface area is 153 Å². The van der Waals surface area contributed by atoms with Gasteiger partial charge in [0.2, 0.25) is 10.0 Å². The number of anilines is 1. The van der Waals surface area contributed by atoms with Crippen molar-refractivity contribution >= 4 is 43.5 Å². The van der Waals surface area contributed by atoms with Gasteiger partial charge in [0.05, 0.1) is 10.5 Å². The second-order valence-electron chi connectivity index (χ2n) is 5.11.